The van der Waals surface area contributed by atoms with E-state index in [0.29, 0.717) is 12.0 Å². The van der Waals surface area contributed by atoms with Gasteiger partial charge in [-0.05, 0) is 22.0 Å². The second-order valence-electron chi connectivity index (χ2n) is 2.41. The van der Waals surface area contributed by atoms with Crippen LogP contribution in [0.2, 0.25) is 0 Å². The summed E-state index contributed by atoms with van der Waals surface area (Å²) in [4.78, 5) is 21.4. The van der Waals surface area contributed by atoms with Crippen LogP contribution in [0.4, 0.5) is 0 Å². The number of methoxy groups -OCH3 is 1. The number of nitrogens with zero attached hydrogens (tertiary/aromatic N) is 1. The molecule has 0 fully saturated rings. The molecule has 0 spiro atoms. The summed E-state index contributed by atoms with van der Waals surface area (Å²) in [7, 11) is 1.31. The fraction of sp³-hybridized carbons (Fsp3) is 0.250. The molecule has 0 saturated heterocycles. The summed E-state index contributed by atoms with van der Waals surface area (Å²) in [6, 6.07) is 1.63. The summed E-state index contributed by atoms with van der Waals surface area (Å²) in [6.45, 7) is 0.0518. The molecular weight excluding hydrogens is 238 g/mol. The van der Waals surface area contributed by atoms with Gasteiger partial charge in [-0.25, -0.2) is 0 Å². The summed E-state index contributed by atoms with van der Waals surface area (Å²) < 4.78 is 6.75. The quantitative estimate of drug-likeness (QED) is 0.595. The summed E-state index contributed by atoms with van der Waals surface area (Å²) in [5.41, 5.74) is 0.442. The first-order valence-electron chi connectivity index (χ1n) is 3.55. The van der Waals surface area contributed by atoms with E-state index < -0.39 is 0 Å². The molecule has 0 aliphatic heterocycles. The Morgan fingerprint density at radius 1 is 1.77 bits per heavy atom. The zero-order valence-electron chi connectivity index (χ0n) is 6.99. The Morgan fingerprint density at radius 2 is 2.46 bits per heavy atom. The second kappa shape index (κ2) is 4.23. The first kappa shape index (κ1) is 9.98. The molecule has 0 N–H and O–H groups in total. The van der Waals surface area contributed by atoms with Gasteiger partial charge >= 0.3 is 5.97 Å². The van der Waals surface area contributed by atoms with E-state index in [0.717, 1.165) is 4.47 Å². The fourth-order valence-corrected chi connectivity index (χ4v) is 1.41. The van der Waals surface area contributed by atoms with Crippen LogP contribution in [0.25, 0.3) is 0 Å². The predicted octanol–water partition coefficient (Wildman–Crippen LogP) is 1.24. The van der Waals surface area contributed by atoms with Gasteiger partial charge in [-0.1, -0.05) is 0 Å². The van der Waals surface area contributed by atoms with E-state index in [1.165, 1.54) is 11.7 Å². The van der Waals surface area contributed by atoms with Crippen molar-refractivity contribution in [1.82, 2.24) is 4.57 Å². The third-order valence-corrected chi connectivity index (χ3v) is 1.98. The average Bonchev–Trinajstić information content (AvgIpc) is 2.46. The maximum Gasteiger partial charge on any atom is 0.325 e. The highest BCUT2D eigenvalue weighted by Gasteiger charge is 2.07. The van der Waals surface area contributed by atoms with Gasteiger partial charge in [0.15, 0.2) is 6.29 Å². The van der Waals surface area contributed by atoms with Gasteiger partial charge in [0.1, 0.15) is 6.54 Å². The number of carbonyl (C=O) groups excluding carboxylic acids is 2. The van der Waals surface area contributed by atoms with Gasteiger partial charge < -0.3 is 9.30 Å². The Morgan fingerprint density at radius 3 is 3.00 bits per heavy atom. The Labute approximate surface area is 83.6 Å². The van der Waals surface area contributed by atoms with Crippen molar-refractivity contribution in [2.75, 3.05) is 7.11 Å². The van der Waals surface area contributed by atoms with Crippen LogP contribution in [0.15, 0.2) is 16.7 Å². The van der Waals surface area contributed by atoms with E-state index in [4.69, 9.17) is 0 Å². The SMILES string of the molecule is COC(=O)Cn1cc(Br)cc1C=O. The Balaban J connectivity index is 2.86. The minimum absolute atomic E-state index is 0.0518. The molecule has 4 nitrogen and oxygen atoms in total. The molecule has 1 aromatic rings. The summed E-state index contributed by atoms with van der Waals surface area (Å²) in [5.74, 6) is -0.383. The minimum Gasteiger partial charge on any atom is -0.468 e. The molecule has 0 radical (unpaired) electrons. The van der Waals surface area contributed by atoms with Gasteiger partial charge in [-0.15, -0.1) is 0 Å². The molecule has 1 aromatic heterocycles. The van der Waals surface area contributed by atoms with Gasteiger partial charge in [0, 0.05) is 10.7 Å². The molecule has 0 unspecified atom stereocenters. The van der Waals surface area contributed by atoms with Crippen LogP contribution >= 0.6 is 15.9 Å². The number of hydrogen-bond acceptors (Lipinski definition) is 3. The number of aromatic nitrogens is 1. The molecule has 0 amide bonds. The zero-order valence-corrected chi connectivity index (χ0v) is 8.58. The van der Waals surface area contributed by atoms with Crippen molar-refractivity contribution in [3.63, 3.8) is 0 Å². The van der Waals surface area contributed by atoms with E-state index in [2.05, 4.69) is 20.7 Å². The number of halogens is 1. The number of ether oxygens (including phenoxy) is 1. The second-order valence-corrected chi connectivity index (χ2v) is 3.32. The maximum atomic E-state index is 10.9. The Kier molecular flexibility index (Phi) is 3.25. The number of esters is 1. The van der Waals surface area contributed by atoms with Crippen molar-refractivity contribution >= 4 is 28.2 Å². The normalized spacial score (nSPS) is 9.69. The first-order valence-corrected chi connectivity index (χ1v) is 4.34. The van der Waals surface area contributed by atoms with Crippen LogP contribution in [-0.2, 0) is 16.1 Å². The average molecular weight is 246 g/mol. The smallest absolute Gasteiger partial charge is 0.325 e. The summed E-state index contributed by atoms with van der Waals surface area (Å²) in [6.07, 6.45) is 2.34. The Hall–Kier alpha value is -1.10. The van der Waals surface area contributed by atoms with Crippen LogP contribution in [0.1, 0.15) is 10.5 Å². The molecule has 5 heteroatoms. The molecule has 13 heavy (non-hydrogen) atoms. The predicted molar refractivity (Wildman–Crippen MR) is 49.5 cm³/mol. The minimum atomic E-state index is -0.383. The summed E-state index contributed by atoms with van der Waals surface area (Å²) >= 11 is 3.20. The first-order chi connectivity index (χ1) is 6.17. The van der Waals surface area contributed by atoms with E-state index in [-0.39, 0.29) is 12.5 Å². The molecule has 0 bridgehead atoms. The van der Waals surface area contributed by atoms with E-state index >= 15 is 0 Å². The molecule has 0 atom stereocenters. The van der Waals surface area contributed by atoms with Gasteiger partial charge in [0.05, 0.1) is 12.8 Å². The number of hydrogen-bond donors (Lipinski definition) is 0. The molecule has 0 saturated carbocycles. The van der Waals surface area contributed by atoms with Crippen molar-refractivity contribution in [1.29, 1.82) is 0 Å². The molecule has 70 valence electrons. The van der Waals surface area contributed by atoms with Crippen molar-refractivity contribution in [2.45, 2.75) is 6.54 Å². The van der Waals surface area contributed by atoms with Crippen molar-refractivity contribution in [2.24, 2.45) is 0 Å². The molecule has 0 aliphatic rings. The van der Waals surface area contributed by atoms with Gasteiger partial charge in [-0.3, -0.25) is 9.59 Å². The summed E-state index contributed by atoms with van der Waals surface area (Å²) in [5, 5.41) is 0. The van der Waals surface area contributed by atoms with Crippen LogP contribution in [0.3, 0.4) is 0 Å². The topological polar surface area (TPSA) is 48.3 Å². The highest BCUT2D eigenvalue weighted by molar-refractivity contribution is 9.10. The lowest BCUT2D eigenvalue weighted by Gasteiger charge is -2.01. The van der Waals surface area contributed by atoms with Gasteiger partial charge in [0.2, 0.25) is 0 Å². The molecule has 0 aliphatic carbocycles. The Bertz CT molecular complexity index is 332. The third kappa shape index (κ3) is 2.42. The van der Waals surface area contributed by atoms with E-state index in [1.807, 2.05) is 0 Å². The largest absolute Gasteiger partial charge is 0.468 e. The number of carbonyl (C=O) groups is 2. The molecular formula is C8H8BrNO3. The lowest BCUT2D eigenvalue weighted by Crippen LogP contribution is -2.12. The maximum absolute atomic E-state index is 10.9. The van der Waals surface area contributed by atoms with Crippen LogP contribution < -0.4 is 0 Å². The van der Waals surface area contributed by atoms with Gasteiger partial charge in [-0.2, -0.15) is 0 Å². The highest BCUT2D eigenvalue weighted by Crippen LogP contribution is 2.13. The molecule has 1 heterocycles. The number of rotatable bonds is 3. The lowest BCUT2D eigenvalue weighted by atomic mass is 10.4. The van der Waals surface area contributed by atoms with E-state index in [1.54, 1.807) is 12.3 Å². The van der Waals surface area contributed by atoms with Crippen molar-refractivity contribution < 1.29 is 14.3 Å². The van der Waals surface area contributed by atoms with Crippen molar-refractivity contribution in [3.05, 3.63) is 22.4 Å². The zero-order chi connectivity index (χ0) is 9.84. The van der Waals surface area contributed by atoms with Crippen molar-refractivity contribution in [3.8, 4) is 0 Å². The highest BCUT2D eigenvalue weighted by atomic mass is 79.9. The van der Waals surface area contributed by atoms with Gasteiger partial charge in [0.25, 0.3) is 0 Å². The molecule has 0 aromatic carbocycles. The van der Waals surface area contributed by atoms with E-state index in [9.17, 15) is 9.59 Å². The standard InChI is InChI=1S/C8H8BrNO3/c1-13-8(12)4-10-3-6(9)2-7(10)5-11/h2-3,5H,4H2,1H3. The third-order valence-electron chi connectivity index (χ3n) is 1.54. The fourth-order valence-electron chi connectivity index (χ4n) is 0.927. The monoisotopic (exact) mass is 245 g/mol. The number of aldehydes is 1. The molecule has 1 rings (SSSR count). The van der Waals surface area contributed by atoms with Crippen LogP contribution in [-0.4, -0.2) is 23.9 Å². The van der Waals surface area contributed by atoms with Crippen LogP contribution in [0, 0.1) is 0 Å². The lowest BCUT2D eigenvalue weighted by molar-refractivity contribution is -0.141. The van der Waals surface area contributed by atoms with Crippen LogP contribution in [0.5, 0.6) is 0 Å².